The van der Waals surface area contributed by atoms with Gasteiger partial charge in [-0.25, -0.2) is 4.98 Å². The van der Waals surface area contributed by atoms with Crippen molar-refractivity contribution in [3.05, 3.63) is 24.4 Å². The molecule has 0 spiro atoms. The van der Waals surface area contributed by atoms with E-state index in [-0.39, 0.29) is 6.10 Å². The molecule has 1 aromatic heterocycles. The van der Waals surface area contributed by atoms with Gasteiger partial charge in [-0.3, -0.25) is 0 Å². The summed E-state index contributed by atoms with van der Waals surface area (Å²) in [5, 5.41) is 12.6. The summed E-state index contributed by atoms with van der Waals surface area (Å²) in [6.07, 6.45) is 3.81. The Hall–Kier alpha value is -1.13. The average molecular weight is 235 g/mol. The Morgan fingerprint density at radius 3 is 2.82 bits per heavy atom. The van der Waals surface area contributed by atoms with E-state index in [2.05, 4.69) is 21.3 Å². The van der Waals surface area contributed by atoms with E-state index in [1.54, 1.807) is 0 Å². The standard InChI is InChI=1S/C13H21N3O/c1-11(17)10-15-12-5-8-16(9-6-12)13-4-2-3-7-14-13/h2-4,7,11-12,15,17H,5-6,8-10H2,1H3. The van der Waals surface area contributed by atoms with Crippen molar-refractivity contribution in [2.75, 3.05) is 24.5 Å². The van der Waals surface area contributed by atoms with Crippen LogP contribution in [0.25, 0.3) is 0 Å². The highest BCUT2D eigenvalue weighted by Gasteiger charge is 2.19. The van der Waals surface area contributed by atoms with Crippen LogP contribution in [-0.4, -0.2) is 41.9 Å². The number of aliphatic hydroxyl groups is 1. The van der Waals surface area contributed by atoms with Gasteiger partial charge < -0.3 is 15.3 Å². The molecule has 2 rings (SSSR count). The summed E-state index contributed by atoms with van der Waals surface area (Å²) in [6, 6.07) is 6.56. The van der Waals surface area contributed by atoms with Crippen molar-refractivity contribution < 1.29 is 5.11 Å². The van der Waals surface area contributed by atoms with Crippen LogP contribution in [0, 0.1) is 0 Å². The molecule has 1 fully saturated rings. The number of piperidine rings is 1. The molecule has 1 aliphatic rings. The molecule has 2 heterocycles. The summed E-state index contributed by atoms with van der Waals surface area (Å²) < 4.78 is 0. The first-order valence-electron chi connectivity index (χ1n) is 6.33. The van der Waals surface area contributed by atoms with Gasteiger partial charge in [-0.15, -0.1) is 0 Å². The third-order valence-electron chi connectivity index (χ3n) is 3.17. The maximum absolute atomic E-state index is 9.23. The van der Waals surface area contributed by atoms with Crippen LogP contribution >= 0.6 is 0 Å². The number of aliphatic hydroxyl groups excluding tert-OH is 1. The summed E-state index contributed by atoms with van der Waals surface area (Å²) in [6.45, 7) is 4.58. The van der Waals surface area contributed by atoms with Gasteiger partial charge in [-0.1, -0.05) is 6.07 Å². The molecular formula is C13H21N3O. The van der Waals surface area contributed by atoms with Gasteiger partial charge in [0.2, 0.25) is 0 Å². The van der Waals surface area contributed by atoms with Gasteiger partial charge in [0.25, 0.3) is 0 Å². The zero-order chi connectivity index (χ0) is 12.1. The number of pyridine rings is 1. The zero-order valence-corrected chi connectivity index (χ0v) is 10.3. The second kappa shape index (κ2) is 5.98. The first-order valence-corrected chi connectivity index (χ1v) is 6.33. The van der Waals surface area contributed by atoms with E-state index in [1.807, 2.05) is 25.3 Å². The van der Waals surface area contributed by atoms with Crippen molar-refractivity contribution in [3.8, 4) is 0 Å². The molecule has 0 aliphatic carbocycles. The molecule has 4 heteroatoms. The van der Waals surface area contributed by atoms with E-state index in [1.165, 1.54) is 0 Å². The van der Waals surface area contributed by atoms with Crippen LogP contribution in [0.2, 0.25) is 0 Å². The van der Waals surface area contributed by atoms with Gasteiger partial charge in [0.05, 0.1) is 6.10 Å². The summed E-state index contributed by atoms with van der Waals surface area (Å²) in [7, 11) is 0. The number of nitrogens with one attached hydrogen (secondary N) is 1. The second-order valence-corrected chi connectivity index (χ2v) is 4.71. The molecule has 94 valence electrons. The quantitative estimate of drug-likeness (QED) is 0.818. The minimum Gasteiger partial charge on any atom is -0.392 e. The molecule has 1 aromatic rings. The lowest BCUT2D eigenvalue weighted by atomic mass is 10.0. The SMILES string of the molecule is CC(O)CNC1CCN(c2ccccn2)CC1. The fourth-order valence-corrected chi connectivity index (χ4v) is 2.19. The normalized spacial score (nSPS) is 19.3. The molecule has 0 bridgehead atoms. The molecule has 17 heavy (non-hydrogen) atoms. The lowest BCUT2D eigenvalue weighted by Crippen LogP contribution is -2.44. The van der Waals surface area contributed by atoms with Gasteiger partial charge in [0, 0.05) is 31.9 Å². The van der Waals surface area contributed by atoms with Crippen LogP contribution in [0.3, 0.4) is 0 Å². The van der Waals surface area contributed by atoms with Gasteiger partial charge in [0.15, 0.2) is 0 Å². The summed E-state index contributed by atoms with van der Waals surface area (Å²) in [4.78, 5) is 6.69. The minimum atomic E-state index is -0.260. The maximum atomic E-state index is 9.23. The predicted octanol–water partition coefficient (Wildman–Crippen LogP) is 1.02. The molecule has 0 aromatic carbocycles. The minimum absolute atomic E-state index is 0.260. The van der Waals surface area contributed by atoms with Crippen LogP contribution in [0.15, 0.2) is 24.4 Å². The Morgan fingerprint density at radius 1 is 1.47 bits per heavy atom. The molecule has 1 aliphatic heterocycles. The zero-order valence-electron chi connectivity index (χ0n) is 10.3. The lowest BCUT2D eigenvalue weighted by Gasteiger charge is -2.33. The fourth-order valence-electron chi connectivity index (χ4n) is 2.19. The molecular weight excluding hydrogens is 214 g/mol. The maximum Gasteiger partial charge on any atom is 0.128 e. The number of rotatable bonds is 4. The molecule has 4 nitrogen and oxygen atoms in total. The van der Waals surface area contributed by atoms with Crippen LogP contribution in [0.4, 0.5) is 5.82 Å². The molecule has 1 unspecified atom stereocenters. The van der Waals surface area contributed by atoms with Crippen molar-refractivity contribution in [2.45, 2.75) is 31.9 Å². The topological polar surface area (TPSA) is 48.4 Å². The Labute approximate surface area is 103 Å². The number of hydrogen-bond acceptors (Lipinski definition) is 4. The van der Waals surface area contributed by atoms with Gasteiger partial charge in [0.1, 0.15) is 5.82 Å². The van der Waals surface area contributed by atoms with E-state index in [9.17, 15) is 5.11 Å². The van der Waals surface area contributed by atoms with Crippen LogP contribution in [0.1, 0.15) is 19.8 Å². The summed E-state index contributed by atoms with van der Waals surface area (Å²) in [5.41, 5.74) is 0. The van der Waals surface area contributed by atoms with Crippen molar-refractivity contribution in [1.82, 2.24) is 10.3 Å². The number of hydrogen-bond donors (Lipinski definition) is 2. The van der Waals surface area contributed by atoms with E-state index < -0.39 is 0 Å². The van der Waals surface area contributed by atoms with E-state index >= 15 is 0 Å². The van der Waals surface area contributed by atoms with E-state index in [0.29, 0.717) is 12.6 Å². The highest BCUT2D eigenvalue weighted by molar-refractivity contribution is 5.38. The molecule has 1 saturated heterocycles. The van der Waals surface area contributed by atoms with E-state index in [0.717, 1.165) is 31.7 Å². The predicted molar refractivity (Wildman–Crippen MR) is 69.2 cm³/mol. The molecule has 0 radical (unpaired) electrons. The number of nitrogens with zero attached hydrogens (tertiary/aromatic N) is 2. The Morgan fingerprint density at radius 2 is 2.24 bits per heavy atom. The smallest absolute Gasteiger partial charge is 0.128 e. The van der Waals surface area contributed by atoms with Gasteiger partial charge in [-0.05, 0) is 31.9 Å². The van der Waals surface area contributed by atoms with Crippen molar-refractivity contribution in [3.63, 3.8) is 0 Å². The average Bonchev–Trinajstić information content (AvgIpc) is 2.38. The van der Waals surface area contributed by atoms with E-state index in [4.69, 9.17) is 0 Å². The van der Waals surface area contributed by atoms with Crippen LogP contribution < -0.4 is 10.2 Å². The van der Waals surface area contributed by atoms with Crippen molar-refractivity contribution >= 4 is 5.82 Å². The summed E-state index contributed by atoms with van der Waals surface area (Å²) >= 11 is 0. The third kappa shape index (κ3) is 3.68. The molecule has 1 atom stereocenters. The number of aromatic nitrogens is 1. The van der Waals surface area contributed by atoms with Crippen molar-refractivity contribution in [2.24, 2.45) is 0 Å². The first-order chi connectivity index (χ1) is 8.25. The highest BCUT2D eigenvalue weighted by atomic mass is 16.3. The molecule has 0 amide bonds. The third-order valence-corrected chi connectivity index (χ3v) is 3.17. The van der Waals surface area contributed by atoms with Gasteiger partial charge in [-0.2, -0.15) is 0 Å². The molecule has 2 N–H and O–H groups in total. The second-order valence-electron chi connectivity index (χ2n) is 4.71. The largest absolute Gasteiger partial charge is 0.392 e. The number of anilines is 1. The van der Waals surface area contributed by atoms with Crippen LogP contribution in [-0.2, 0) is 0 Å². The Balaban J connectivity index is 1.78. The van der Waals surface area contributed by atoms with Crippen molar-refractivity contribution in [1.29, 1.82) is 0 Å². The van der Waals surface area contributed by atoms with Crippen LogP contribution in [0.5, 0.6) is 0 Å². The Kier molecular flexibility index (Phi) is 4.34. The lowest BCUT2D eigenvalue weighted by molar-refractivity contribution is 0.183. The Bertz CT molecular complexity index is 321. The van der Waals surface area contributed by atoms with Gasteiger partial charge >= 0.3 is 0 Å². The highest BCUT2D eigenvalue weighted by Crippen LogP contribution is 2.16. The first kappa shape index (κ1) is 12.3. The fraction of sp³-hybridized carbons (Fsp3) is 0.615. The monoisotopic (exact) mass is 235 g/mol. The molecule has 0 saturated carbocycles. The summed E-state index contributed by atoms with van der Waals surface area (Å²) in [5.74, 6) is 1.07.